The van der Waals surface area contributed by atoms with Crippen molar-refractivity contribution in [3.8, 4) is 0 Å². The van der Waals surface area contributed by atoms with Crippen LogP contribution in [0.1, 0.15) is 254 Å². The SMILES string of the molecule is CCCCCCCCCCCCCCCCOP(=O)(OCCCCCCCCCCCCCCCC)C(F)(F)c1ccc2cc(C(=O)N[C@H]3CCCC[C@H]4CC[C@@H](C(=O)NCCc5cn[nH]c5)N4C3=O)[nH]c2c1. The number of nitrogens with one attached hydrogen (secondary N) is 4. The van der Waals surface area contributed by atoms with Gasteiger partial charge in [-0.3, -0.25) is 24.0 Å². The number of hydrogen-bond acceptors (Lipinski definition) is 7. The molecule has 0 aliphatic carbocycles. The molecular weight excluding hydrogens is 946 g/mol. The number of halogens is 2. The average Bonchev–Trinajstić information content (AvgIpc) is 4.17. The second-order valence-electron chi connectivity index (χ2n) is 21.3. The van der Waals surface area contributed by atoms with Gasteiger partial charge in [-0.05, 0) is 62.6 Å². The lowest BCUT2D eigenvalue weighted by molar-refractivity contribution is -0.142. The number of aromatic nitrogens is 3. The fourth-order valence-corrected chi connectivity index (χ4v) is 12.4. The summed E-state index contributed by atoms with van der Waals surface area (Å²) in [6.45, 7) is 4.72. The maximum absolute atomic E-state index is 16.7. The van der Waals surface area contributed by atoms with Crippen LogP contribution in [0.5, 0.6) is 0 Å². The Hall–Kier alpha value is -3.61. The highest BCUT2D eigenvalue weighted by atomic mass is 31.2. The monoisotopic (exact) mass is 1040 g/mol. The number of unbranched alkanes of at least 4 members (excludes halogenated alkanes) is 26. The molecule has 12 nitrogen and oxygen atoms in total. The standard InChI is InChI=1S/C58H95F2N6O6P/c1-3-5-7-9-11-13-15-17-19-21-23-25-27-31-41-71-73(70,72-42-32-28-26-24-22-20-18-16-14-12-10-8-6-4-2)58(59,60)49-36-35-48-43-53(64-52(48)44-49)55(67)65-51-34-30-29-33-50-37-38-54(66(50)57(51)69)56(68)61-40-39-47-45-62-63-46-47/h35-36,43-46,50-51,54,64H,3-34,37-42H2,1-2H3,(H,61,68)(H,62,63)(H,65,67)/t50-,51-,54-/m0/s1. The zero-order valence-corrected chi connectivity index (χ0v) is 46.0. The number of carbonyl (C=O) groups is 3. The van der Waals surface area contributed by atoms with Crippen molar-refractivity contribution in [1.82, 2.24) is 30.7 Å². The summed E-state index contributed by atoms with van der Waals surface area (Å²) in [4.78, 5) is 46.1. The molecular formula is C58H95F2N6O6P. The molecule has 0 unspecified atom stereocenters. The molecule has 73 heavy (non-hydrogen) atoms. The molecule has 0 radical (unpaired) electrons. The van der Waals surface area contributed by atoms with Gasteiger partial charge in [-0.25, -0.2) is 0 Å². The van der Waals surface area contributed by atoms with Crippen LogP contribution in [0.4, 0.5) is 8.78 Å². The van der Waals surface area contributed by atoms with Gasteiger partial charge in [0.15, 0.2) is 0 Å². The van der Waals surface area contributed by atoms with Gasteiger partial charge >= 0.3 is 13.3 Å². The molecule has 4 N–H and O–H groups in total. The van der Waals surface area contributed by atoms with Crippen LogP contribution in [0.15, 0.2) is 36.7 Å². The second kappa shape index (κ2) is 34.1. The van der Waals surface area contributed by atoms with Crippen LogP contribution < -0.4 is 10.6 Å². The van der Waals surface area contributed by atoms with Crippen LogP contribution in [0.25, 0.3) is 10.9 Å². The summed E-state index contributed by atoms with van der Waals surface area (Å²) in [5.74, 6) is -1.06. The van der Waals surface area contributed by atoms with Crippen molar-refractivity contribution in [2.45, 2.75) is 262 Å². The van der Waals surface area contributed by atoms with Crippen molar-refractivity contribution in [3.05, 3.63) is 53.5 Å². The lowest BCUT2D eigenvalue weighted by Gasteiger charge is -2.35. The minimum absolute atomic E-state index is 0.0890. The van der Waals surface area contributed by atoms with Gasteiger partial charge in [0.25, 0.3) is 5.91 Å². The van der Waals surface area contributed by atoms with Crippen molar-refractivity contribution in [3.63, 3.8) is 0 Å². The molecule has 3 aromatic rings. The van der Waals surface area contributed by atoms with E-state index in [1.807, 2.05) is 0 Å². The van der Waals surface area contributed by atoms with Crippen LogP contribution in [0, 0.1) is 0 Å². The molecule has 1 aromatic carbocycles. The molecule has 2 fully saturated rings. The molecule has 5 rings (SSSR count). The van der Waals surface area contributed by atoms with Gasteiger partial charge in [0.2, 0.25) is 11.8 Å². The number of fused-ring (bicyclic) bond motifs is 2. The van der Waals surface area contributed by atoms with Crippen LogP contribution in [-0.4, -0.2) is 75.7 Å². The van der Waals surface area contributed by atoms with E-state index in [0.29, 0.717) is 50.5 Å². The third-order valence-electron chi connectivity index (χ3n) is 15.3. The smallest absolute Gasteiger partial charge is 0.354 e. The molecule has 2 aliphatic rings. The lowest BCUT2D eigenvalue weighted by atomic mass is 9.99. The Morgan fingerprint density at radius 1 is 0.712 bits per heavy atom. The number of hydrogen-bond donors (Lipinski definition) is 4. The van der Waals surface area contributed by atoms with E-state index in [1.54, 1.807) is 23.4 Å². The van der Waals surface area contributed by atoms with Gasteiger partial charge in [-0.1, -0.05) is 206 Å². The van der Waals surface area contributed by atoms with Crippen LogP contribution in [0.2, 0.25) is 0 Å². The number of aromatic amines is 2. The first-order valence-corrected chi connectivity index (χ1v) is 30.9. The van der Waals surface area contributed by atoms with Gasteiger partial charge < -0.3 is 29.6 Å². The Morgan fingerprint density at radius 2 is 1.23 bits per heavy atom. The first-order valence-electron chi connectivity index (χ1n) is 29.4. The van der Waals surface area contributed by atoms with Crippen molar-refractivity contribution in [2.24, 2.45) is 0 Å². The Morgan fingerprint density at radius 3 is 1.75 bits per heavy atom. The van der Waals surface area contributed by atoms with Gasteiger partial charge in [0, 0.05) is 35.2 Å². The van der Waals surface area contributed by atoms with Gasteiger partial charge in [-0.2, -0.15) is 13.9 Å². The number of benzene rings is 1. The summed E-state index contributed by atoms with van der Waals surface area (Å²) in [6.07, 6.45) is 40.6. The van der Waals surface area contributed by atoms with Crippen molar-refractivity contribution >= 4 is 36.2 Å². The normalized spacial score (nSPS) is 17.5. The topological polar surface area (TPSA) is 159 Å². The fourth-order valence-electron chi connectivity index (χ4n) is 10.8. The lowest BCUT2D eigenvalue weighted by Crippen LogP contribution is -2.56. The molecule has 4 heterocycles. The predicted molar refractivity (Wildman–Crippen MR) is 291 cm³/mol. The van der Waals surface area contributed by atoms with E-state index in [1.165, 1.54) is 134 Å². The summed E-state index contributed by atoms with van der Waals surface area (Å²) < 4.78 is 59.2. The molecule has 3 amide bonds. The summed E-state index contributed by atoms with van der Waals surface area (Å²) in [5.41, 5.74) is -3.16. The Kier molecular flexibility index (Phi) is 28.2. The van der Waals surface area contributed by atoms with Gasteiger partial charge in [-0.15, -0.1) is 0 Å². The highest BCUT2D eigenvalue weighted by Gasteiger charge is 2.55. The number of amides is 3. The molecule has 412 valence electrons. The van der Waals surface area contributed by atoms with Crippen LogP contribution in [-0.2, 0) is 35.3 Å². The largest absolute Gasteiger partial charge is 0.404 e. The molecule has 2 saturated heterocycles. The number of alkyl halides is 2. The number of H-pyrrole nitrogens is 2. The van der Waals surface area contributed by atoms with E-state index in [0.717, 1.165) is 76.2 Å². The summed E-state index contributed by atoms with van der Waals surface area (Å²) in [7, 11) is -4.99. The highest BCUT2D eigenvalue weighted by molar-refractivity contribution is 7.54. The molecule has 0 saturated carbocycles. The van der Waals surface area contributed by atoms with E-state index in [-0.39, 0.29) is 42.3 Å². The van der Waals surface area contributed by atoms with Crippen LogP contribution in [0.3, 0.4) is 0 Å². The third-order valence-corrected chi connectivity index (χ3v) is 17.3. The molecule has 0 bridgehead atoms. The second-order valence-corrected chi connectivity index (χ2v) is 23.4. The molecule has 2 aliphatic heterocycles. The number of carbonyl (C=O) groups excluding carboxylic acids is 3. The predicted octanol–water partition coefficient (Wildman–Crippen LogP) is 15.5. The van der Waals surface area contributed by atoms with Crippen LogP contribution >= 0.6 is 7.60 Å². The summed E-state index contributed by atoms with van der Waals surface area (Å²) >= 11 is 0. The van der Waals surface area contributed by atoms with Gasteiger partial charge in [0.1, 0.15) is 17.8 Å². The Bertz CT molecular complexity index is 2010. The minimum atomic E-state index is -4.99. The highest BCUT2D eigenvalue weighted by Crippen LogP contribution is 2.67. The average molecular weight is 1040 g/mol. The first-order chi connectivity index (χ1) is 35.6. The van der Waals surface area contributed by atoms with E-state index in [2.05, 4.69) is 39.7 Å². The quantitative estimate of drug-likeness (QED) is 0.0326. The zero-order chi connectivity index (χ0) is 52.0. The van der Waals surface area contributed by atoms with E-state index >= 15 is 8.78 Å². The molecule has 3 atom stereocenters. The molecule has 0 spiro atoms. The van der Waals surface area contributed by atoms with Gasteiger partial charge in [0.05, 0.1) is 19.4 Å². The number of rotatable bonds is 40. The zero-order valence-electron chi connectivity index (χ0n) is 45.1. The Labute approximate surface area is 437 Å². The molecule has 2 aromatic heterocycles. The molecule has 15 heteroatoms. The summed E-state index contributed by atoms with van der Waals surface area (Å²) in [6, 6.07) is 3.90. The Balaban J connectivity index is 1.14. The van der Waals surface area contributed by atoms with E-state index in [4.69, 9.17) is 9.05 Å². The maximum atomic E-state index is 16.7. The first kappa shape index (κ1) is 60.3. The maximum Gasteiger partial charge on any atom is 0.404 e. The fraction of sp³-hybridized carbons (Fsp3) is 0.759. The summed E-state index contributed by atoms with van der Waals surface area (Å²) in [5, 5.41) is 13.1. The van der Waals surface area contributed by atoms with E-state index in [9.17, 15) is 18.9 Å². The van der Waals surface area contributed by atoms with E-state index < -0.39 is 36.8 Å². The number of nitrogens with zero attached hydrogens (tertiary/aromatic N) is 2. The third kappa shape index (κ3) is 20.5. The van der Waals surface area contributed by atoms with Crippen molar-refractivity contribution in [2.75, 3.05) is 19.8 Å². The van der Waals surface area contributed by atoms with Crippen molar-refractivity contribution in [1.29, 1.82) is 0 Å². The van der Waals surface area contributed by atoms with Crippen molar-refractivity contribution < 1.29 is 36.8 Å². The minimum Gasteiger partial charge on any atom is -0.354 e.